The highest BCUT2D eigenvalue weighted by Crippen LogP contribution is 2.81. The summed E-state index contributed by atoms with van der Waals surface area (Å²) in [7, 11) is 27.7. The van der Waals surface area contributed by atoms with E-state index >= 15 is 0 Å². The Labute approximate surface area is 284 Å². The molecule has 46 heavy (non-hydrogen) atoms. The molecule has 18 heteroatoms. The number of nitrogens with one attached hydrogen (secondary N) is 1. The summed E-state index contributed by atoms with van der Waals surface area (Å²) in [6, 6.07) is 8.33. The lowest BCUT2D eigenvalue weighted by molar-refractivity contribution is -0.268. The van der Waals surface area contributed by atoms with Crippen LogP contribution in [-0.4, -0.2) is 174 Å². The van der Waals surface area contributed by atoms with Gasteiger partial charge in [-0.25, -0.2) is 42.0 Å². The van der Waals surface area contributed by atoms with Crippen molar-refractivity contribution in [2.24, 2.45) is 13.5 Å². The van der Waals surface area contributed by atoms with Crippen LogP contribution >= 0.6 is 30.4 Å². The van der Waals surface area contributed by atoms with Crippen LogP contribution in [0.3, 0.4) is 0 Å². The van der Waals surface area contributed by atoms with Crippen molar-refractivity contribution in [3.8, 4) is 5.75 Å². The molecule has 0 aromatic heterocycles. The van der Waals surface area contributed by atoms with Gasteiger partial charge in [-0.15, -0.1) is 10.8 Å². The van der Waals surface area contributed by atoms with Gasteiger partial charge >= 0.3 is 7.87 Å². The van der Waals surface area contributed by atoms with E-state index in [0.29, 0.717) is 0 Å². The smallest absolute Gasteiger partial charge is 0.451 e. The van der Waals surface area contributed by atoms with E-state index in [2.05, 4.69) is 195 Å². The minimum Gasteiger partial charge on any atom is -0.872 e. The Morgan fingerprint density at radius 1 is 0.478 bits per heavy atom. The second-order valence-corrected chi connectivity index (χ2v) is 27.7. The van der Waals surface area contributed by atoms with Gasteiger partial charge in [0.25, 0.3) is 0 Å². The van der Waals surface area contributed by atoms with Gasteiger partial charge in [-0.2, -0.15) is 0 Å². The molecule has 1 N–H and O–H groups in total. The lowest BCUT2D eigenvalue weighted by atomic mass is 10.1. The molecule has 0 aliphatic rings. The summed E-state index contributed by atoms with van der Waals surface area (Å²) in [5, 5.41) is 14.3. The second kappa shape index (κ2) is 18.1. The van der Waals surface area contributed by atoms with Gasteiger partial charge in [0.2, 0.25) is 22.5 Å². The number of rotatable bonds is 13. The summed E-state index contributed by atoms with van der Waals surface area (Å²) in [6.45, 7) is 6.56. The lowest BCUT2D eigenvalue weighted by Crippen LogP contribution is -2.38. The zero-order valence-corrected chi connectivity index (χ0v) is 36.5. The van der Waals surface area contributed by atoms with Crippen LogP contribution in [0.4, 0.5) is 0 Å². The first-order valence-corrected chi connectivity index (χ1v) is 21.6. The van der Waals surface area contributed by atoms with E-state index in [0.717, 1.165) is 0 Å². The van der Waals surface area contributed by atoms with E-state index in [1.165, 1.54) is 12.1 Å². The van der Waals surface area contributed by atoms with Crippen molar-refractivity contribution >= 4 is 30.4 Å². The maximum atomic E-state index is 10.3. The molecular formula is C28H69N13OP4. The van der Waals surface area contributed by atoms with Gasteiger partial charge in [-0.1, -0.05) is 30.3 Å². The molecule has 0 heterocycles. The Kier molecular flexibility index (Phi) is 18.0. The van der Waals surface area contributed by atoms with Crippen molar-refractivity contribution in [2.45, 2.75) is 26.3 Å². The average Bonchev–Trinajstić information content (AvgIpc) is 2.87. The normalized spacial score (nSPS) is 14.0. The molecule has 0 aliphatic carbocycles. The van der Waals surface area contributed by atoms with Crippen molar-refractivity contribution in [1.29, 1.82) is 0 Å². The first-order valence-electron chi connectivity index (χ1n) is 15.1. The molecule has 1 aromatic carbocycles. The van der Waals surface area contributed by atoms with Crippen LogP contribution in [0.5, 0.6) is 5.75 Å². The Balaban J connectivity index is 0.00000252. The van der Waals surface area contributed by atoms with E-state index in [-0.39, 0.29) is 11.3 Å². The maximum Gasteiger partial charge on any atom is 0.451 e. The quantitative estimate of drug-likeness (QED) is 0.253. The summed E-state index contributed by atoms with van der Waals surface area (Å²) >= 11 is 0. The summed E-state index contributed by atoms with van der Waals surface area (Å²) in [5.41, 5.74) is -0.313. The molecule has 272 valence electrons. The molecule has 1 aromatic rings. The highest BCUT2D eigenvalue weighted by atomic mass is 31.3. The number of nitrogens with zero attached hydrogens (tertiary/aromatic N) is 12. The molecule has 0 amide bonds. The van der Waals surface area contributed by atoms with Crippen molar-refractivity contribution < 1.29 is 5.11 Å². The van der Waals surface area contributed by atoms with Crippen LogP contribution < -0.4 is 10.2 Å². The highest BCUT2D eigenvalue weighted by Gasteiger charge is 2.55. The highest BCUT2D eigenvalue weighted by molar-refractivity contribution is 7.84. The fourth-order valence-corrected chi connectivity index (χ4v) is 24.5. The first-order chi connectivity index (χ1) is 20.7. The van der Waals surface area contributed by atoms with Gasteiger partial charge in [-0.3, -0.25) is 0 Å². The van der Waals surface area contributed by atoms with Crippen LogP contribution in [-0.2, 0) is 0 Å². The molecule has 0 bridgehead atoms. The monoisotopic (exact) mass is 727 g/mol. The predicted octanol–water partition coefficient (Wildman–Crippen LogP) is 5.71. The van der Waals surface area contributed by atoms with E-state index in [4.69, 9.17) is 13.5 Å². The molecule has 1 rings (SSSR count). The van der Waals surface area contributed by atoms with Crippen LogP contribution in [0.15, 0.2) is 43.9 Å². The molecular weight excluding hydrogens is 658 g/mol. The largest absolute Gasteiger partial charge is 0.872 e. The van der Waals surface area contributed by atoms with Crippen LogP contribution in [0.1, 0.15) is 20.8 Å². The zero-order chi connectivity index (χ0) is 36.6. The van der Waals surface area contributed by atoms with Crippen molar-refractivity contribution in [3.63, 3.8) is 0 Å². The fraction of sp³-hybridized carbons (Fsp3) is 0.786. The standard InChI is InChI=1S/C22H64N13P4.C6H6O/c1-22(2,3)23-36(24-37(27(4)5,28(6)7)29(8)9,25-38(30(10)11,31(12)13)32(14)15)26-39(33(16)17,34(18)19)35(20)21;7-6-4-2-1-3-5-6/h23H,1-21H3;1-5,7H/q+1;/p-1. The van der Waals surface area contributed by atoms with Crippen molar-refractivity contribution in [1.82, 2.24) is 47.1 Å². The topological polar surface area (TPSA) is 101 Å². The van der Waals surface area contributed by atoms with Crippen molar-refractivity contribution in [2.75, 3.05) is 127 Å². The number of hydrogen-bond donors (Lipinski definition) is 1. The molecule has 0 saturated carbocycles. The van der Waals surface area contributed by atoms with Gasteiger partial charge < -0.3 is 5.11 Å². The molecule has 0 saturated heterocycles. The van der Waals surface area contributed by atoms with Crippen LogP contribution in [0.2, 0.25) is 0 Å². The molecule has 0 unspecified atom stereocenters. The van der Waals surface area contributed by atoms with E-state index in [1.54, 1.807) is 12.1 Å². The minimum absolute atomic E-state index is 0.0718. The van der Waals surface area contributed by atoms with Gasteiger partial charge in [0.05, 0.1) is 5.54 Å². The van der Waals surface area contributed by atoms with E-state index in [1.807, 2.05) is 6.07 Å². The third kappa shape index (κ3) is 10.9. The molecule has 0 atom stereocenters. The number of hydrogen-bond acceptors (Lipinski definition) is 5. The predicted molar refractivity (Wildman–Crippen MR) is 207 cm³/mol. The van der Waals surface area contributed by atoms with Gasteiger partial charge in [0.15, 0.2) is 0 Å². The Bertz CT molecular complexity index is 1030. The molecule has 0 fully saturated rings. The minimum atomic E-state index is -3.07. The van der Waals surface area contributed by atoms with Gasteiger partial charge in [0, 0.05) is 0 Å². The van der Waals surface area contributed by atoms with E-state index < -0.39 is 30.4 Å². The number of para-hydroxylation sites is 1. The Morgan fingerprint density at radius 3 is 0.826 bits per heavy atom. The molecule has 0 spiro atoms. The molecule has 0 radical (unpaired) electrons. The third-order valence-corrected chi connectivity index (χ3v) is 23.3. The average molecular weight is 728 g/mol. The fourth-order valence-electron chi connectivity index (χ4n) is 5.43. The maximum absolute atomic E-state index is 10.3. The van der Waals surface area contributed by atoms with Crippen molar-refractivity contribution in [3.05, 3.63) is 30.3 Å². The van der Waals surface area contributed by atoms with E-state index in [9.17, 15) is 5.11 Å². The second-order valence-electron chi connectivity index (χ2n) is 13.7. The SMILES string of the molecule is CN(C)P(=N[P+](N=P(N(C)C)(N(C)C)N(C)C)(N=P(N(C)C)(N(C)C)N(C)C)NC(C)(C)C)(N(C)C)N(C)C.[O-]c1ccccc1. The summed E-state index contributed by atoms with van der Waals surface area (Å²) in [4.78, 5) is 0. The Hall–Kier alpha value is -0.260. The molecule has 0 aliphatic heterocycles. The van der Waals surface area contributed by atoms with Crippen LogP contribution in [0.25, 0.3) is 0 Å². The zero-order valence-electron chi connectivity index (χ0n) is 33.0. The van der Waals surface area contributed by atoms with Gasteiger partial charge in [-0.05, 0) is 161 Å². The first kappa shape index (κ1) is 45.7. The summed E-state index contributed by atoms with van der Waals surface area (Å²) < 4.78 is 38.1. The summed E-state index contributed by atoms with van der Waals surface area (Å²) in [5.74, 6) is 0.0718. The number of benzene rings is 1. The molecule has 14 nitrogen and oxygen atoms in total. The van der Waals surface area contributed by atoms with Crippen LogP contribution in [0, 0.1) is 0 Å². The summed E-state index contributed by atoms with van der Waals surface area (Å²) in [6.07, 6.45) is 0. The third-order valence-electron chi connectivity index (χ3n) is 6.79. The Morgan fingerprint density at radius 2 is 0.696 bits per heavy atom. The van der Waals surface area contributed by atoms with Gasteiger partial charge in [0.1, 0.15) is 0 Å². The lowest BCUT2D eigenvalue weighted by Gasteiger charge is -2.44.